The molecule has 3 aromatic rings. The molecule has 3 heterocycles. The Hall–Kier alpha value is -2.90. The van der Waals surface area contributed by atoms with Gasteiger partial charge >= 0.3 is 6.18 Å². The van der Waals surface area contributed by atoms with Gasteiger partial charge in [0, 0.05) is 29.8 Å². The largest absolute Gasteiger partial charge is 0.433 e. The van der Waals surface area contributed by atoms with Gasteiger partial charge in [-0.15, -0.1) is 0 Å². The molecule has 178 valence electrons. The summed E-state index contributed by atoms with van der Waals surface area (Å²) in [4.78, 5) is 20.0. The van der Waals surface area contributed by atoms with E-state index in [0.717, 1.165) is 41.3 Å². The summed E-state index contributed by atoms with van der Waals surface area (Å²) in [5.74, 6) is 0.734. The van der Waals surface area contributed by atoms with Gasteiger partial charge in [0.05, 0.1) is 5.69 Å². The SMILES string of the molecule is C[C@@H]1CCN(C(=O)c2cc3nc4c(c(C(F)(F)F)n3n2)CCc2ccccc2-4)[C@@H]2CCCC[C@@H]12. The molecule has 8 heteroatoms. The number of hydrogen-bond acceptors (Lipinski definition) is 3. The second-order valence-electron chi connectivity index (χ2n) is 10.0. The molecule has 5 nitrogen and oxygen atoms in total. The standard InChI is InChI=1S/C26H27F3N4O/c1-15-12-13-32(21-9-5-4-7-17(15)21)25(34)20-14-22-30-23-18-8-3-2-6-16(18)10-11-19(23)24(26(27,28)29)33(22)31-20/h2-3,6,8,14-15,17,21H,4-5,7,9-13H2,1H3/t15-,17+,21-/m1/s1. The Morgan fingerprint density at radius 3 is 2.71 bits per heavy atom. The lowest BCUT2D eigenvalue weighted by atomic mass is 9.72. The topological polar surface area (TPSA) is 50.5 Å². The first-order valence-corrected chi connectivity index (χ1v) is 12.2. The number of carbonyl (C=O) groups is 1. The molecule has 0 spiro atoms. The lowest BCUT2D eigenvalue weighted by molar-refractivity contribution is -0.143. The highest BCUT2D eigenvalue weighted by Crippen LogP contribution is 2.42. The molecule has 1 aromatic carbocycles. The highest BCUT2D eigenvalue weighted by atomic mass is 19.4. The van der Waals surface area contributed by atoms with Crippen LogP contribution in [-0.2, 0) is 19.0 Å². The van der Waals surface area contributed by atoms with Crippen molar-refractivity contribution >= 4 is 11.6 Å². The number of alkyl halides is 3. The Bertz CT molecular complexity index is 1280. The maximum absolute atomic E-state index is 14.3. The van der Waals surface area contributed by atoms with Crippen molar-refractivity contribution in [2.45, 2.75) is 64.1 Å². The predicted molar refractivity (Wildman–Crippen MR) is 121 cm³/mol. The molecule has 3 aliphatic rings. The average molecular weight is 469 g/mol. The van der Waals surface area contributed by atoms with E-state index in [1.165, 1.54) is 12.5 Å². The van der Waals surface area contributed by atoms with Crippen molar-refractivity contribution in [3.8, 4) is 11.3 Å². The van der Waals surface area contributed by atoms with E-state index in [0.29, 0.717) is 30.5 Å². The van der Waals surface area contributed by atoms with Crippen LogP contribution in [0.3, 0.4) is 0 Å². The zero-order valence-corrected chi connectivity index (χ0v) is 19.1. The van der Waals surface area contributed by atoms with E-state index in [1.807, 2.05) is 29.2 Å². The minimum atomic E-state index is -4.61. The Balaban J connectivity index is 1.47. The van der Waals surface area contributed by atoms with Gasteiger partial charge in [0.15, 0.2) is 17.0 Å². The van der Waals surface area contributed by atoms with Gasteiger partial charge in [-0.2, -0.15) is 18.3 Å². The highest BCUT2D eigenvalue weighted by molar-refractivity contribution is 5.94. The number of benzene rings is 1. The third-order valence-corrected chi connectivity index (χ3v) is 8.10. The number of amides is 1. The van der Waals surface area contributed by atoms with Crippen LogP contribution in [-0.4, -0.2) is 38.0 Å². The summed E-state index contributed by atoms with van der Waals surface area (Å²) in [5.41, 5.74) is 1.51. The maximum Gasteiger partial charge on any atom is 0.433 e. The molecule has 2 aliphatic carbocycles. The smallest absolute Gasteiger partial charge is 0.334 e. The van der Waals surface area contributed by atoms with Crippen LogP contribution >= 0.6 is 0 Å². The number of aromatic nitrogens is 3. The molecule has 1 saturated heterocycles. The minimum absolute atomic E-state index is 0.0486. The van der Waals surface area contributed by atoms with E-state index < -0.39 is 11.9 Å². The molecule has 2 fully saturated rings. The Morgan fingerprint density at radius 1 is 1.09 bits per heavy atom. The molecule has 0 unspecified atom stereocenters. The summed E-state index contributed by atoms with van der Waals surface area (Å²) in [6.07, 6.45) is 1.36. The molecule has 1 amide bonds. The van der Waals surface area contributed by atoms with E-state index in [1.54, 1.807) is 0 Å². The van der Waals surface area contributed by atoms with Gasteiger partial charge in [0.2, 0.25) is 0 Å². The Labute approximate surface area is 196 Å². The maximum atomic E-state index is 14.3. The zero-order chi connectivity index (χ0) is 23.6. The molecule has 1 saturated carbocycles. The van der Waals surface area contributed by atoms with Crippen molar-refractivity contribution in [3.05, 3.63) is 52.8 Å². The molecule has 0 radical (unpaired) electrons. The molecular weight excluding hydrogens is 441 g/mol. The third-order valence-electron chi connectivity index (χ3n) is 8.10. The van der Waals surface area contributed by atoms with Crippen molar-refractivity contribution in [3.63, 3.8) is 0 Å². The first-order chi connectivity index (χ1) is 16.3. The van der Waals surface area contributed by atoms with Crippen LogP contribution in [0.1, 0.15) is 66.3 Å². The first-order valence-electron chi connectivity index (χ1n) is 12.2. The van der Waals surface area contributed by atoms with E-state index in [4.69, 9.17) is 0 Å². The second kappa shape index (κ2) is 7.82. The lowest BCUT2D eigenvalue weighted by Gasteiger charge is -2.47. The first kappa shape index (κ1) is 21.6. The number of hydrogen-bond donors (Lipinski definition) is 0. The molecule has 0 bridgehead atoms. The summed E-state index contributed by atoms with van der Waals surface area (Å²) < 4.78 is 43.8. The fraction of sp³-hybridized carbons (Fsp3) is 0.500. The van der Waals surface area contributed by atoms with Crippen LogP contribution < -0.4 is 0 Å². The van der Waals surface area contributed by atoms with E-state index in [-0.39, 0.29) is 35.3 Å². The van der Waals surface area contributed by atoms with E-state index >= 15 is 0 Å². The van der Waals surface area contributed by atoms with Crippen LogP contribution in [0, 0.1) is 11.8 Å². The molecule has 2 aromatic heterocycles. The number of aryl methyl sites for hydroxylation is 1. The van der Waals surface area contributed by atoms with E-state index in [9.17, 15) is 18.0 Å². The van der Waals surface area contributed by atoms with Crippen molar-refractivity contribution in [2.24, 2.45) is 11.8 Å². The molecule has 3 atom stereocenters. The van der Waals surface area contributed by atoms with Gasteiger partial charge in [0.1, 0.15) is 0 Å². The van der Waals surface area contributed by atoms with Crippen LogP contribution in [0.4, 0.5) is 13.2 Å². The van der Waals surface area contributed by atoms with Crippen molar-refractivity contribution in [2.75, 3.05) is 6.54 Å². The second-order valence-corrected chi connectivity index (χ2v) is 10.0. The van der Waals surface area contributed by atoms with Gasteiger partial charge in [-0.3, -0.25) is 4.79 Å². The fourth-order valence-electron chi connectivity index (χ4n) is 6.43. The third kappa shape index (κ3) is 3.33. The van der Waals surface area contributed by atoms with Gasteiger partial charge in [-0.25, -0.2) is 9.50 Å². The Kier molecular flexibility index (Phi) is 4.97. The minimum Gasteiger partial charge on any atom is -0.334 e. The summed E-state index contributed by atoms with van der Waals surface area (Å²) in [7, 11) is 0. The molecular formula is C26H27F3N4O. The number of fused-ring (bicyclic) bond motifs is 5. The number of carbonyl (C=O) groups excluding carboxylic acids is 1. The van der Waals surface area contributed by atoms with Crippen LogP contribution in [0.25, 0.3) is 16.9 Å². The van der Waals surface area contributed by atoms with Crippen molar-refractivity contribution in [1.29, 1.82) is 0 Å². The van der Waals surface area contributed by atoms with E-state index in [2.05, 4.69) is 17.0 Å². The van der Waals surface area contributed by atoms with Crippen molar-refractivity contribution < 1.29 is 18.0 Å². The number of rotatable bonds is 1. The fourth-order valence-corrected chi connectivity index (χ4v) is 6.43. The molecule has 1 aliphatic heterocycles. The van der Waals surface area contributed by atoms with Gasteiger partial charge in [-0.1, -0.05) is 44.0 Å². The van der Waals surface area contributed by atoms with Crippen LogP contribution in [0.2, 0.25) is 0 Å². The van der Waals surface area contributed by atoms with Crippen molar-refractivity contribution in [1.82, 2.24) is 19.5 Å². The summed E-state index contributed by atoms with van der Waals surface area (Å²) >= 11 is 0. The number of nitrogens with zero attached hydrogens (tertiary/aromatic N) is 4. The van der Waals surface area contributed by atoms with Crippen LogP contribution in [0.5, 0.6) is 0 Å². The Morgan fingerprint density at radius 2 is 1.88 bits per heavy atom. The number of piperidine rings is 1. The van der Waals surface area contributed by atoms with Gasteiger partial charge in [0.25, 0.3) is 5.91 Å². The quantitative estimate of drug-likeness (QED) is 0.470. The molecule has 0 N–H and O–H groups in total. The zero-order valence-electron chi connectivity index (χ0n) is 19.1. The summed E-state index contributed by atoms with van der Waals surface area (Å²) in [6, 6.07) is 9.03. The number of likely N-dealkylation sites (tertiary alicyclic amines) is 1. The monoisotopic (exact) mass is 468 g/mol. The predicted octanol–water partition coefficient (Wildman–Crippen LogP) is 5.55. The lowest BCUT2D eigenvalue weighted by Crippen LogP contribution is -2.52. The average Bonchev–Trinajstić information content (AvgIpc) is 3.25. The van der Waals surface area contributed by atoms with Gasteiger partial charge < -0.3 is 4.90 Å². The van der Waals surface area contributed by atoms with Gasteiger partial charge in [-0.05, 0) is 49.5 Å². The molecule has 6 rings (SSSR count). The van der Waals surface area contributed by atoms with Crippen LogP contribution in [0.15, 0.2) is 30.3 Å². The highest BCUT2D eigenvalue weighted by Gasteiger charge is 2.42. The molecule has 34 heavy (non-hydrogen) atoms. The normalized spacial score (nSPS) is 24.5. The number of halogens is 3. The summed E-state index contributed by atoms with van der Waals surface area (Å²) in [6.45, 7) is 2.87. The summed E-state index contributed by atoms with van der Waals surface area (Å²) in [5, 5.41) is 4.22.